The van der Waals surface area contributed by atoms with Gasteiger partial charge in [-0.05, 0) is 33.0 Å². The van der Waals surface area contributed by atoms with Crippen LogP contribution in [0.5, 0.6) is 0 Å². The molecule has 83 valence electrons. The lowest BCUT2D eigenvalue weighted by molar-refractivity contribution is 0.177. The third-order valence-electron chi connectivity index (χ3n) is 2.94. The molecule has 0 spiro atoms. The molecule has 1 aromatic heterocycles. The molecule has 4 heteroatoms. The predicted octanol–water partition coefficient (Wildman–Crippen LogP) is 1.10. The number of ether oxygens (including phenoxy) is 1. The number of hydrogen-bond donors (Lipinski definition) is 0. The van der Waals surface area contributed by atoms with E-state index in [1.165, 1.54) is 12.8 Å². The molecule has 1 fully saturated rings. The zero-order chi connectivity index (χ0) is 10.7. The molecule has 1 aromatic rings. The van der Waals surface area contributed by atoms with Crippen LogP contribution in [0.4, 0.5) is 0 Å². The molecule has 0 unspecified atom stereocenters. The lowest BCUT2D eigenvalue weighted by Crippen LogP contribution is -2.31. The molecule has 2 rings (SSSR count). The van der Waals surface area contributed by atoms with Crippen LogP contribution in [-0.4, -0.2) is 41.9 Å². The second-order valence-electron chi connectivity index (χ2n) is 4.17. The van der Waals surface area contributed by atoms with Crippen molar-refractivity contribution in [3.8, 4) is 0 Å². The monoisotopic (exact) mass is 208 g/mol. The van der Waals surface area contributed by atoms with Crippen LogP contribution >= 0.6 is 0 Å². The summed E-state index contributed by atoms with van der Waals surface area (Å²) in [6, 6.07) is 3.67. The summed E-state index contributed by atoms with van der Waals surface area (Å²) in [5.74, 6) is 0. The fourth-order valence-corrected chi connectivity index (χ4v) is 1.99. The Hall–Kier alpha value is -0.870. The molecule has 0 aromatic carbocycles. The lowest BCUT2D eigenvalue weighted by Gasteiger charge is -2.28. The van der Waals surface area contributed by atoms with Gasteiger partial charge >= 0.3 is 0 Å². The Kier molecular flexibility index (Phi) is 3.38. The summed E-state index contributed by atoms with van der Waals surface area (Å²) >= 11 is 0. The van der Waals surface area contributed by atoms with Gasteiger partial charge in [-0.15, -0.1) is 0 Å². The summed E-state index contributed by atoms with van der Waals surface area (Å²) in [6.07, 6.45) is 4.31. The van der Waals surface area contributed by atoms with Crippen LogP contribution in [0.1, 0.15) is 24.6 Å². The van der Waals surface area contributed by atoms with E-state index >= 15 is 0 Å². The number of nitrogens with zero attached hydrogens (tertiary/aromatic N) is 3. The van der Waals surface area contributed by atoms with Gasteiger partial charge in [0, 0.05) is 19.4 Å². The second-order valence-corrected chi connectivity index (χ2v) is 4.17. The van der Waals surface area contributed by atoms with Crippen LogP contribution in [0.2, 0.25) is 0 Å². The van der Waals surface area contributed by atoms with Crippen molar-refractivity contribution in [2.24, 2.45) is 0 Å². The molecule has 1 aliphatic rings. The average Bonchev–Trinajstić information content (AvgIpc) is 2.68. The molecule has 0 amide bonds. The first-order chi connectivity index (χ1) is 7.29. The fraction of sp³-hybridized carbons (Fsp3) is 0.727. The van der Waals surface area contributed by atoms with Gasteiger partial charge in [0.25, 0.3) is 0 Å². The molecule has 1 saturated heterocycles. The molecule has 2 heterocycles. The predicted molar refractivity (Wildman–Crippen MR) is 57.5 cm³/mol. The van der Waals surface area contributed by atoms with Crippen molar-refractivity contribution >= 4 is 0 Å². The molecule has 0 atom stereocenters. The summed E-state index contributed by atoms with van der Waals surface area (Å²) in [5, 5.41) is 4.47. The highest BCUT2D eigenvalue weighted by Crippen LogP contribution is 2.20. The number of piperidine rings is 1. The van der Waals surface area contributed by atoms with Crippen LogP contribution in [-0.2, 0) is 11.3 Å². The Morgan fingerprint density at radius 1 is 1.53 bits per heavy atom. The molecular formula is C11H18N3O. The van der Waals surface area contributed by atoms with E-state index in [9.17, 15) is 0 Å². The van der Waals surface area contributed by atoms with Crippen molar-refractivity contribution in [3.05, 3.63) is 18.0 Å². The third kappa shape index (κ3) is 2.58. The van der Waals surface area contributed by atoms with E-state index in [-0.39, 0.29) is 0 Å². The van der Waals surface area contributed by atoms with E-state index in [2.05, 4.69) is 23.1 Å². The highest BCUT2D eigenvalue weighted by Gasteiger charge is 2.18. The van der Waals surface area contributed by atoms with Crippen LogP contribution in [0.25, 0.3) is 0 Å². The number of likely N-dealkylation sites (tertiary alicyclic amines) is 1. The Balaban J connectivity index is 1.96. The molecule has 0 saturated carbocycles. The number of rotatable bonds is 3. The topological polar surface area (TPSA) is 30.3 Å². The van der Waals surface area contributed by atoms with Gasteiger partial charge in [0.05, 0.1) is 18.3 Å². The van der Waals surface area contributed by atoms with Gasteiger partial charge in [0.1, 0.15) is 0 Å². The molecular weight excluding hydrogens is 190 g/mol. The van der Waals surface area contributed by atoms with E-state index in [0.717, 1.165) is 18.8 Å². The quantitative estimate of drug-likeness (QED) is 0.745. The number of methoxy groups -OCH3 is 1. The minimum absolute atomic E-state index is 0.544. The Morgan fingerprint density at radius 2 is 2.27 bits per heavy atom. The minimum Gasteiger partial charge on any atom is -0.378 e. The van der Waals surface area contributed by atoms with Gasteiger partial charge in [-0.3, -0.25) is 4.68 Å². The first-order valence-corrected chi connectivity index (χ1v) is 5.43. The van der Waals surface area contributed by atoms with E-state index in [0.29, 0.717) is 12.6 Å². The maximum atomic E-state index is 5.03. The van der Waals surface area contributed by atoms with Crippen molar-refractivity contribution in [1.82, 2.24) is 14.7 Å². The molecule has 0 bridgehead atoms. The van der Waals surface area contributed by atoms with E-state index in [4.69, 9.17) is 4.74 Å². The molecule has 1 aliphatic heterocycles. The van der Waals surface area contributed by atoms with E-state index in [1.807, 2.05) is 10.9 Å². The van der Waals surface area contributed by atoms with Crippen molar-refractivity contribution in [3.63, 3.8) is 0 Å². The van der Waals surface area contributed by atoms with Gasteiger partial charge < -0.3 is 9.64 Å². The number of hydrogen-bond acceptors (Lipinski definition) is 3. The largest absolute Gasteiger partial charge is 0.378 e. The van der Waals surface area contributed by atoms with Gasteiger partial charge in [0.2, 0.25) is 0 Å². The smallest absolute Gasteiger partial charge is 0.0961 e. The normalized spacial score (nSPS) is 19.6. The highest BCUT2D eigenvalue weighted by atomic mass is 16.5. The van der Waals surface area contributed by atoms with Crippen LogP contribution in [0, 0.1) is 6.07 Å². The zero-order valence-electron chi connectivity index (χ0n) is 9.44. The lowest BCUT2D eigenvalue weighted by atomic mass is 10.1. The van der Waals surface area contributed by atoms with E-state index in [1.54, 1.807) is 7.11 Å². The minimum atomic E-state index is 0.544. The first-order valence-electron chi connectivity index (χ1n) is 5.43. The first kappa shape index (κ1) is 10.6. The summed E-state index contributed by atoms with van der Waals surface area (Å²) < 4.78 is 7.07. The van der Waals surface area contributed by atoms with Gasteiger partial charge in [-0.2, -0.15) is 5.10 Å². The van der Waals surface area contributed by atoms with Gasteiger partial charge in [0.15, 0.2) is 0 Å². The molecule has 1 radical (unpaired) electrons. The van der Waals surface area contributed by atoms with Crippen molar-refractivity contribution < 1.29 is 4.74 Å². The molecule has 0 N–H and O–H groups in total. The maximum Gasteiger partial charge on any atom is 0.0961 e. The van der Waals surface area contributed by atoms with Crippen molar-refractivity contribution in [1.29, 1.82) is 0 Å². The summed E-state index contributed by atoms with van der Waals surface area (Å²) in [6.45, 7) is 2.87. The standard InChI is InChI=1S/C11H18N3O/c1-13-6-4-11(5-7-13)14-8-3-10(12-14)9-15-2/h8,11H,4-7,9H2,1-2H3. The third-order valence-corrected chi connectivity index (χ3v) is 2.94. The Morgan fingerprint density at radius 3 is 2.93 bits per heavy atom. The molecule has 15 heavy (non-hydrogen) atoms. The zero-order valence-corrected chi connectivity index (χ0v) is 9.44. The van der Waals surface area contributed by atoms with Gasteiger partial charge in [-0.1, -0.05) is 0 Å². The SMILES string of the molecule is COCc1[c]cn(C2CCN(C)CC2)n1. The maximum absolute atomic E-state index is 5.03. The average molecular weight is 208 g/mol. The number of aromatic nitrogens is 2. The van der Waals surface area contributed by atoms with Crippen molar-refractivity contribution in [2.75, 3.05) is 27.2 Å². The van der Waals surface area contributed by atoms with Crippen LogP contribution in [0.15, 0.2) is 6.20 Å². The summed E-state index contributed by atoms with van der Waals surface area (Å²) in [7, 11) is 3.85. The van der Waals surface area contributed by atoms with Crippen LogP contribution in [0.3, 0.4) is 0 Å². The highest BCUT2D eigenvalue weighted by molar-refractivity contribution is 4.96. The van der Waals surface area contributed by atoms with E-state index < -0.39 is 0 Å². The van der Waals surface area contributed by atoms with Gasteiger partial charge in [-0.25, -0.2) is 0 Å². The fourth-order valence-electron chi connectivity index (χ4n) is 1.99. The molecule has 4 nitrogen and oxygen atoms in total. The summed E-state index contributed by atoms with van der Waals surface area (Å²) in [5.41, 5.74) is 0.899. The van der Waals surface area contributed by atoms with Crippen molar-refractivity contribution in [2.45, 2.75) is 25.5 Å². The van der Waals surface area contributed by atoms with Crippen LogP contribution < -0.4 is 0 Å². The Labute approximate surface area is 90.8 Å². The molecule has 0 aliphatic carbocycles. The Bertz CT molecular complexity index is 303. The summed E-state index contributed by atoms with van der Waals surface area (Å²) in [4.78, 5) is 2.36. The second kappa shape index (κ2) is 4.77.